The van der Waals surface area contributed by atoms with E-state index in [2.05, 4.69) is 36.3 Å². The molecule has 0 bridgehead atoms. The van der Waals surface area contributed by atoms with Gasteiger partial charge in [-0.05, 0) is 37.0 Å². The highest BCUT2D eigenvalue weighted by molar-refractivity contribution is 5.87. The van der Waals surface area contributed by atoms with Crippen LogP contribution in [0.1, 0.15) is 36.3 Å². The number of H-pyrrole nitrogens is 1. The van der Waals surface area contributed by atoms with E-state index in [1.165, 1.54) is 22.0 Å². The molecule has 1 N–H and O–H groups in total. The summed E-state index contributed by atoms with van der Waals surface area (Å²) >= 11 is 0. The molecule has 0 aliphatic heterocycles. The number of fused-ring (bicyclic) bond motifs is 1. The normalized spacial score (nSPS) is 20.8. The Morgan fingerprint density at radius 3 is 3.00 bits per heavy atom. The Morgan fingerprint density at radius 1 is 1.38 bits per heavy atom. The number of rotatable bonds is 1. The minimum atomic E-state index is 0.409. The number of benzene rings is 1. The molecule has 3 rings (SSSR count). The molecule has 1 aliphatic rings. The minimum Gasteiger partial charge on any atom is -0.361 e. The smallest absolute Gasteiger partial charge is 0.133 e. The van der Waals surface area contributed by atoms with Crippen molar-refractivity contribution in [2.45, 2.75) is 32.1 Å². The third kappa shape index (κ3) is 1.45. The summed E-state index contributed by atoms with van der Waals surface area (Å²) in [4.78, 5) is 14.6. The van der Waals surface area contributed by atoms with Crippen molar-refractivity contribution in [2.75, 3.05) is 0 Å². The second kappa shape index (κ2) is 3.48. The van der Waals surface area contributed by atoms with Gasteiger partial charge in [-0.2, -0.15) is 0 Å². The highest BCUT2D eigenvalue weighted by Crippen LogP contribution is 2.36. The topological polar surface area (TPSA) is 32.9 Å². The fraction of sp³-hybridized carbons (Fsp3) is 0.357. The third-order valence-corrected chi connectivity index (χ3v) is 3.55. The van der Waals surface area contributed by atoms with Gasteiger partial charge in [0.05, 0.1) is 0 Å². The molecule has 1 heterocycles. The molecule has 2 heteroatoms. The molecule has 1 atom stereocenters. The summed E-state index contributed by atoms with van der Waals surface area (Å²) in [5.41, 5.74) is 3.78. The second-order valence-electron chi connectivity index (χ2n) is 4.77. The van der Waals surface area contributed by atoms with Crippen LogP contribution in [0.25, 0.3) is 10.9 Å². The third-order valence-electron chi connectivity index (χ3n) is 3.55. The predicted octanol–water partition coefficient (Wildman–Crippen LogP) is 3.31. The van der Waals surface area contributed by atoms with Gasteiger partial charge in [0, 0.05) is 29.9 Å². The van der Waals surface area contributed by atoms with Crippen molar-refractivity contribution in [1.82, 2.24) is 4.98 Å². The van der Waals surface area contributed by atoms with Gasteiger partial charge in [-0.15, -0.1) is 0 Å². The number of Topliss-reactive ketones (excluding diaryl/α,β-unsaturated/α-hetero) is 1. The maximum Gasteiger partial charge on any atom is 0.133 e. The van der Waals surface area contributed by atoms with Gasteiger partial charge < -0.3 is 4.98 Å². The summed E-state index contributed by atoms with van der Waals surface area (Å²) in [7, 11) is 0. The van der Waals surface area contributed by atoms with Gasteiger partial charge in [-0.25, -0.2) is 0 Å². The molecular formula is C14H15NO. The summed E-state index contributed by atoms with van der Waals surface area (Å²) < 4.78 is 0. The Morgan fingerprint density at radius 2 is 2.25 bits per heavy atom. The van der Waals surface area contributed by atoms with E-state index >= 15 is 0 Å². The Kier molecular flexibility index (Phi) is 2.10. The summed E-state index contributed by atoms with van der Waals surface area (Å²) in [5.74, 6) is 0.843. The summed E-state index contributed by atoms with van der Waals surface area (Å²) in [5, 5.41) is 1.29. The van der Waals surface area contributed by atoms with Gasteiger partial charge in [0.1, 0.15) is 5.78 Å². The number of nitrogens with one attached hydrogen (secondary N) is 1. The SMILES string of the molecule is Cc1ccc2[nH]cc(C3CCC(=O)C3)c2c1. The molecule has 0 amide bonds. The summed E-state index contributed by atoms with van der Waals surface area (Å²) in [6.45, 7) is 2.11. The van der Waals surface area contributed by atoms with Gasteiger partial charge >= 0.3 is 0 Å². The number of aryl methyl sites for hydroxylation is 1. The number of carbonyl (C=O) groups excluding carboxylic acids is 1. The van der Waals surface area contributed by atoms with Crippen molar-refractivity contribution >= 4 is 16.7 Å². The van der Waals surface area contributed by atoms with Crippen molar-refractivity contribution in [3.8, 4) is 0 Å². The Balaban J connectivity index is 2.09. The molecule has 0 radical (unpaired) electrons. The highest BCUT2D eigenvalue weighted by Gasteiger charge is 2.25. The lowest BCUT2D eigenvalue weighted by atomic mass is 9.96. The van der Waals surface area contributed by atoms with Crippen molar-refractivity contribution in [1.29, 1.82) is 0 Å². The van der Waals surface area contributed by atoms with Crippen molar-refractivity contribution in [3.05, 3.63) is 35.5 Å². The van der Waals surface area contributed by atoms with Crippen LogP contribution in [0.4, 0.5) is 0 Å². The van der Waals surface area contributed by atoms with E-state index in [0.717, 1.165) is 19.3 Å². The Bertz CT molecular complexity index is 553. The molecule has 1 aliphatic carbocycles. The highest BCUT2D eigenvalue weighted by atomic mass is 16.1. The molecule has 1 unspecified atom stereocenters. The second-order valence-corrected chi connectivity index (χ2v) is 4.77. The number of hydrogen-bond donors (Lipinski definition) is 1. The van der Waals surface area contributed by atoms with Crippen LogP contribution in [0.2, 0.25) is 0 Å². The molecule has 1 saturated carbocycles. The van der Waals surface area contributed by atoms with Crippen LogP contribution in [0.3, 0.4) is 0 Å². The van der Waals surface area contributed by atoms with E-state index < -0.39 is 0 Å². The standard InChI is InChI=1S/C14H15NO/c1-9-2-5-14-12(6-9)13(8-15-14)10-3-4-11(16)7-10/h2,5-6,8,10,15H,3-4,7H2,1H3. The van der Waals surface area contributed by atoms with Crippen LogP contribution < -0.4 is 0 Å². The quantitative estimate of drug-likeness (QED) is 0.774. The first-order valence-electron chi connectivity index (χ1n) is 5.83. The lowest BCUT2D eigenvalue weighted by molar-refractivity contribution is -0.117. The molecule has 1 aromatic carbocycles. The molecule has 0 spiro atoms. The van der Waals surface area contributed by atoms with Crippen LogP contribution in [-0.2, 0) is 4.79 Å². The fourth-order valence-electron chi connectivity index (χ4n) is 2.67. The van der Waals surface area contributed by atoms with Crippen LogP contribution in [0.15, 0.2) is 24.4 Å². The monoisotopic (exact) mass is 213 g/mol. The first kappa shape index (κ1) is 9.64. The largest absolute Gasteiger partial charge is 0.361 e. The molecule has 2 aromatic rings. The average Bonchev–Trinajstić information content (AvgIpc) is 2.83. The van der Waals surface area contributed by atoms with Gasteiger partial charge in [0.15, 0.2) is 0 Å². The molecule has 82 valence electrons. The maximum absolute atomic E-state index is 11.3. The van der Waals surface area contributed by atoms with E-state index in [1.54, 1.807) is 0 Å². The van der Waals surface area contributed by atoms with Crippen molar-refractivity contribution in [3.63, 3.8) is 0 Å². The van der Waals surface area contributed by atoms with Gasteiger partial charge in [-0.1, -0.05) is 11.6 Å². The number of aromatic amines is 1. The molecule has 0 saturated heterocycles. The number of ketones is 1. The fourth-order valence-corrected chi connectivity index (χ4v) is 2.67. The zero-order valence-electron chi connectivity index (χ0n) is 9.42. The molecule has 1 fully saturated rings. The van der Waals surface area contributed by atoms with Gasteiger partial charge in [0.25, 0.3) is 0 Å². The van der Waals surface area contributed by atoms with E-state index in [0.29, 0.717) is 11.7 Å². The molecule has 1 aromatic heterocycles. The summed E-state index contributed by atoms with van der Waals surface area (Å²) in [6.07, 6.45) is 4.57. The zero-order chi connectivity index (χ0) is 11.1. The maximum atomic E-state index is 11.3. The Labute approximate surface area is 94.7 Å². The van der Waals surface area contributed by atoms with Gasteiger partial charge in [-0.3, -0.25) is 4.79 Å². The first-order valence-corrected chi connectivity index (χ1v) is 5.83. The van der Waals surface area contributed by atoms with E-state index in [9.17, 15) is 4.79 Å². The first-order chi connectivity index (χ1) is 7.74. The lowest BCUT2D eigenvalue weighted by Gasteiger charge is -2.06. The molecular weight excluding hydrogens is 198 g/mol. The molecule has 16 heavy (non-hydrogen) atoms. The summed E-state index contributed by atoms with van der Waals surface area (Å²) in [6, 6.07) is 6.44. The number of aromatic nitrogens is 1. The Hall–Kier alpha value is -1.57. The van der Waals surface area contributed by atoms with E-state index in [-0.39, 0.29) is 0 Å². The van der Waals surface area contributed by atoms with Crippen molar-refractivity contribution in [2.24, 2.45) is 0 Å². The minimum absolute atomic E-state index is 0.409. The van der Waals surface area contributed by atoms with Crippen LogP contribution in [-0.4, -0.2) is 10.8 Å². The number of hydrogen-bond acceptors (Lipinski definition) is 1. The lowest BCUT2D eigenvalue weighted by Crippen LogP contribution is -1.92. The molecule has 2 nitrogen and oxygen atoms in total. The van der Waals surface area contributed by atoms with Crippen molar-refractivity contribution < 1.29 is 4.79 Å². The van der Waals surface area contributed by atoms with E-state index in [1.807, 2.05) is 0 Å². The average molecular weight is 213 g/mol. The van der Waals surface area contributed by atoms with Gasteiger partial charge in [0.2, 0.25) is 0 Å². The van der Waals surface area contributed by atoms with Crippen LogP contribution in [0.5, 0.6) is 0 Å². The number of carbonyl (C=O) groups is 1. The predicted molar refractivity (Wildman–Crippen MR) is 64.6 cm³/mol. The zero-order valence-corrected chi connectivity index (χ0v) is 9.42. The van der Waals surface area contributed by atoms with E-state index in [4.69, 9.17) is 0 Å². The van der Waals surface area contributed by atoms with Crippen LogP contribution >= 0.6 is 0 Å². The van der Waals surface area contributed by atoms with Crippen LogP contribution in [0, 0.1) is 6.92 Å².